The minimum atomic E-state index is -0.241. The number of hydrogen-bond donors (Lipinski definition) is 0. The van der Waals surface area contributed by atoms with E-state index in [-0.39, 0.29) is 29.9 Å². The first-order valence-electron chi connectivity index (χ1n) is 9.94. The molecule has 1 aromatic rings. The van der Waals surface area contributed by atoms with Gasteiger partial charge in [0.15, 0.2) is 0 Å². The number of nitrogens with zero attached hydrogens (tertiary/aromatic N) is 2. The molecule has 0 atom stereocenters. The van der Waals surface area contributed by atoms with Gasteiger partial charge in [-0.15, -0.1) is 0 Å². The molecule has 0 radical (unpaired) electrons. The summed E-state index contributed by atoms with van der Waals surface area (Å²) in [5.41, 5.74) is 1.29. The smallest absolute Gasteiger partial charge is 0.261 e. The van der Waals surface area contributed by atoms with E-state index < -0.39 is 0 Å². The molecule has 0 bridgehead atoms. The second kappa shape index (κ2) is 7.43. The average molecular weight is 370 g/mol. The quantitative estimate of drug-likeness (QED) is 0.768. The molecule has 2 aliphatic heterocycles. The van der Waals surface area contributed by atoms with Crippen molar-refractivity contribution in [2.75, 3.05) is 20.2 Å². The first kappa shape index (κ1) is 18.2. The molecule has 144 valence electrons. The number of imide groups is 1. The molecule has 1 aromatic carbocycles. The highest BCUT2D eigenvalue weighted by atomic mass is 16.5. The van der Waals surface area contributed by atoms with Crippen LogP contribution in [0.5, 0.6) is 0 Å². The molecule has 1 saturated heterocycles. The Kier molecular flexibility index (Phi) is 5.00. The normalized spacial score (nSPS) is 21.7. The van der Waals surface area contributed by atoms with Crippen LogP contribution >= 0.6 is 0 Å². The maximum absolute atomic E-state index is 12.9. The molecular formula is C21H26N2O4. The van der Waals surface area contributed by atoms with E-state index in [4.69, 9.17) is 4.74 Å². The van der Waals surface area contributed by atoms with Crippen molar-refractivity contribution in [3.8, 4) is 0 Å². The van der Waals surface area contributed by atoms with Crippen LogP contribution in [0.1, 0.15) is 76.0 Å². The fourth-order valence-corrected chi connectivity index (χ4v) is 4.54. The topological polar surface area (TPSA) is 66.9 Å². The lowest BCUT2D eigenvalue weighted by atomic mass is 9.94. The number of ether oxygens (including phenoxy) is 1. The van der Waals surface area contributed by atoms with Gasteiger partial charge in [0.2, 0.25) is 0 Å². The zero-order valence-electron chi connectivity index (χ0n) is 15.8. The van der Waals surface area contributed by atoms with Crippen molar-refractivity contribution in [3.05, 3.63) is 34.9 Å². The highest BCUT2D eigenvalue weighted by Crippen LogP contribution is 2.31. The van der Waals surface area contributed by atoms with Crippen molar-refractivity contribution in [3.63, 3.8) is 0 Å². The predicted molar refractivity (Wildman–Crippen MR) is 99.7 cm³/mol. The van der Waals surface area contributed by atoms with E-state index in [2.05, 4.69) is 0 Å². The Hall–Kier alpha value is -2.21. The van der Waals surface area contributed by atoms with E-state index >= 15 is 0 Å². The number of likely N-dealkylation sites (tertiary alicyclic amines) is 1. The molecule has 0 N–H and O–H groups in total. The van der Waals surface area contributed by atoms with Crippen LogP contribution in [0.2, 0.25) is 0 Å². The second-order valence-electron chi connectivity index (χ2n) is 7.76. The van der Waals surface area contributed by atoms with Gasteiger partial charge in [-0.3, -0.25) is 19.3 Å². The van der Waals surface area contributed by atoms with Crippen LogP contribution in [0.15, 0.2) is 18.2 Å². The Morgan fingerprint density at radius 3 is 2.30 bits per heavy atom. The lowest BCUT2D eigenvalue weighted by Crippen LogP contribution is -2.41. The standard InChI is InChI=1S/C21H26N2O4/c1-27-16-9-11-22(12-10-16)19(24)14-7-8-17-18(13-14)21(26)23(20(17)25)15-5-3-2-4-6-15/h7-8,13,15-16H,2-6,9-12H2,1H3. The third-order valence-corrected chi connectivity index (χ3v) is 6.17. The monoisotopic (exact) mass is 370 g/mol. The Balaban J connectivity index is 1.53. The summed E-state index contributed by atoms with van der Waals surface area (Å²) < 4.78 is 5.36. The first-order chi connectivity index (χ1) is 13.1. The van der Waals surface area contributed by atoms with Gasteiger partial charge < -0.3 is 9.64 Å². The molecule has 2 fully saturated rings. The van der Waals surface area contributed by atoms with Crippen molar-refractivity contribution in [1.82, 2.24) is 9.80 Å². The molecule has 6 heteroatoms. The van der Waals surface area contributed by atoms with Crippen molar-refractivity contribution >= 4 is 17.7 Å². The maximum Gasteiger partial charge on any atom is 0.261 e. The molecule has 6 nitrogen and oxygen atoms in total. The SMILES string of the molecule is COC1CCN(C(=O)c2ccc3c(c2)C(=O)N(C2CCCCC2)C3=O)CC1. The molecule has 0 aromatic heterocycles. The Bertz CT molecular complexity index is 761. The molecule has 4 rings (SSSR count). The number of fused-ring (bicyclic) bond motifs is 1. The molecule has 2 heterocycles. The number of hydrogen-bond acceptors (Lipinski definition) is 4. The molecular weight excluding hydrogens is 344 g/mol. The third kappa shape index (κ3) is 3.27. The molecule has 27 heavy (non-hydrogen) atoms. The number of piperidine rings is 1. The highest BCUT2D eigenvalue weighted by Gasteiger charge is 2.40. The molecule has 0 unspecified atom stereocenters. The maximum atomic E-state index is 12.9. The van der Waals surface area contributed by atoms with Gasteiger partial charge in [0.25, 0.3) is 17.7 Å². The van der Waals surface area contributed by atoms with E-state index in [1.807, 2.05) is 0 Å². The Morgan fingerprint density at radius 2 is 1.63 bits per heavy atom. The highest BCUT2D eigenvalue weighted by molar-refractivity contribution is 6.22. The zero-order valence-corrected chi connectivity index (χ0v) is 15.8. The van der Waals surface area contributed by atoms with Gasteiger partial charge in [-0.25, -0.2) is 0 Å². The number of methoxy groups -OCH3 is 1. The van der Waals surface area contributed by atoms with Crippen molar-refractivity contribution < 1.29 is 19.1 Å². The van der Waals surface area contributed by atoms with E-state index in [0.29, 0.717) is 29.8 Å². The minimum Gasteiger partial charge on any atom is -0.381 e. The molecule has 3 aliphatic rings. The van der Waals surface area contributed by atoms with Gasteiger partial charge in [0.05, 0.1) is 17.2 Å². The molecule has 1 saturated carbocycles. The average Bonchev–Trinajstić information content (AvgIpc) is 2.98. The number of rotatable bonds is 3. The van der Waals surface area contributed by atoms with Gasteiger partial charge >= 0.3 is 0 Å². The summed E-state index contributed by atoms with van der Waals surface area (Å²) >= 11 is 0. The van der Waals surface area contributed by atoms with Crippen LogP contribution in [0.4, 0.5) is 0 Å². The number of carbonyl (C=O) groups excluding carboxylic acids is 3. The van der Waals surface area contributed by atoms with Crippen LogP contribution < -0.4 is 0 Å². The fraction of sp³-hybridized carbons (Fsp3) is 0.571. The summed E-state index contributed by atoms with van der Waals surface area (Å²) in [5, 5.41) is 0. The lowest BCUT2D eigenvalue weighted by Gasteiger charge is -2.31. The number of carbonyl (C=O) groups is 3. The minimum absolute atomic E-state index is 0.00151. The molecule has 0 spiro atoms. The summed E-state index contributed by atoms with van der Waals surface area (Å²) in [4.78, 5) is 41.7. The van der Waals surface area contributed by atoms with Gasteiger partial charge in [-0.1, -0.05) is 19.3 Å². The van der Waals surface area contributed by atoms with Gasteiger partial charge in [0.1, 0.15) is 0 Å². The van der Waals surface area contributed by atoms with Crippen LogP contribution in [-0.4, -0.2) is 59.9 Å². The first-order valence-corrected chi connectivity index (χ1v) is 9.94. The van der Waals surface area contributed by atoms with Gasteiger partial charge in [-0.2, -0.15) is 0 Å². The Morgan fingerprint density at radius 1 is 0.963 bits per heavy atom. The molecule has 3 amide bonds. The van der Waals surface area contributed by atoms with Crippen LogP contribution in [0, 0.1) is 0 Å². The fourth-order valence-electron chi connectivity index (χ4n) is 4.54. The summed E-state index contributed by atoms with van der Waals surface area (Å²) in [6.07, 6.45) is 6.88. The summed E-state index contributed by atoms with van der Waals surface area (Å²) in [6, 6.07) is 4.94. The van der Waals surface area contributed by atoms with Crippen LogP contribution in [0.25, 0.3) is 0 Å². The lowest BCUT2D eigenvalue weighted by molar-refractivity contribution is 0.0350. The van der Waals surface area contributed by atoms with E-state index in [1.54, 1.807) is 30.2 Å². The van der Waals surface area contributed by atoms with Gasteiger partial charge in [0, 0.05) is 31.8 Å². The third-order valence-electron chi connectivity index (χ3n) is 6.17. The van der Waals surface area contributed by atoms with E-state index in [1.165, 1.54) is 4.90 Å². The van der Waals surface area contributed by atoms with E-state index in [0.717, 1.165) is 44.9 Å². The zero-order chi connectivity index (χ0) is 19.0. The number of benzene rings is 1. The molecule has 1 aliphatic carbocycles. The predicted octanol–water partition coefficient (Wildman–Crippen LogP) is 2.87. The summed E-state index contributed by atoms with van der Waals surface area (Å²) in [6.45, 7) is 1.30. The van der Waals surface area contributed by atoms with Crippen molar-refractivity contribution in [1.29, 1.82) is 0 Å². The van der Waals surface area contributed by atoms with Crippen molar-refractivity contribution in [2.45, 2.75) is 57.1 Å². The number of amides is 3. The summed E-state index contributed by atoms with van der Waals surface area (Å²) in [7, 11) is 1.70. The van der Waals surface area contributed by atoms with Crippen LogP contribution in [-0.2, 0) is 4.74 Å². The van der Waals surface area contributed by atoms with Gasteiger partial charge in [-0.05, 0) is 43.9 Å². The van der Waals surface area contributed by atoms with E-state index in [9.17, 15) is 14.4 Å². The largest absolute Gasteiger partial charge is 0.381 e. The summed E-state index contributed by atoms with van der Waals surface area (Å²) in [5.74, 6) is -0.528. The van der Waals surface area contributed by atoms with Crippen LogP contribution in [0.3, 0.4) is 0 Å². The van der Waals surface area contributed by atoms with Crippen molar-refractivity contribution in [2.24, 2.45) is 0 Å². The second-order valence-corrected chi connectivity index (χ2v) is 7.76. The Labute approximate surface area is 159 Å².